The number of likely N-dealkylation sites (tertiary alicyclic amines) is 1. The van der Waals surface area contributed by atoms with Crippen molar-refractivity contribution >= 4 is 59.6 Å². The second kappa shape index (κ2) is 7.44. The molecule has 1 aliphatic carbocycles. The van der Waals surface area contributed by atoms with E-state index in [1.807, 2.05) is 43.4 Å². The molecule has 0 radical (unpaired) electrons. The van der Waals surface area contributed by atoms with Gasteiger partial charge in [0.2, 0.25) is 0 Å². The van der Waals surface area contributed by atoms with Crippen LogP contribution >= 0.6 is 22.6 Å². The SMILES string of the molecule is CC(C)(C)OC(=O)N1CCC2(Nc3nccn4c([Se]C(F)(F)F)c(I)cc34)CC2C1. The number of nitrogens with one attached hydrogen (secondary N) is 1. The second-order valence-corrected chi connectivity index (χ2v) is 12.1. The first-order chi connectivity index (χ1) is 13.9. The minimum absolute atomic E-state index is 0.168. The molecule has 6 nitrogen and oxygen atoms in total. The summed E-state index contributed by atoms with van der Waals surface area (Å²) in [7, 11) is 0. The first kappa shape index (κ1) is 22.0. The number of ether oxygens (including phenoxy) is 1. The van der Waals surface area contributed by atoms with E-state index >= 15 is 0 Å². The molecular formula is C19H22F3IN4O2Se. The van der Waals surface area contributed by atoms with E-state index in [9.17, 15) is 18.0 Å². The van der Waals surface area contributed by atoms with E-state index in [4.69, 9.17) is 4.74 Å². The fraction of sp³-hybridized carbons (Fsp3) is 0.579. The van der Waals surface area contributed by atoms with Gasteiger partial charge in [0.05, 0.1) is 0 Å². The summed E-state index contributed by atoms with van der Waals surface area (Å²) in [5, 5.41) is -0.718. The second-order valence-electron chi connectivity index (χ2n) is 8.73. The number of hydrogen-bond donors (Lipinski definition) is 1. The number of carbonyl (C=O) groups excluding carboxylic acids is 1. The summed E-state index contributed by atoms with van der Waals surface area (Å²) in [5.74, 6) is 0.863. The Kier molecular flexibility index (Phi) is 5.46. The van der Waals surface area contributed by atoms with Crippen LogP contribution in [0.1, 0.15) is 33.6 Å². The molecule has 2 aromatic heterocycles. The third-order valence-corrected chi connectivity index (χ3v) is 8.75. The van der Waals surface area contributed by atoms with E-state index in [0.29, 0.717) is 28.0 Å². The maximum absolute atomic E-state index is 13.0. The van der Waals surface area contributed by atoms with Crippen LogP contribution in [0.15, 0.2) is 18.5 Å². The van der Waals surface area contributed by atoms with Gasteiger partial charge in [0, 0.05) is 0 Å². The fourth-order valence-electron chi connectivity index (χ4n) is 3.91. The van der Waals surface area contributed by atoms with Gasteiger partial charge < -0.3 is 0 Å². The van der Waals surface area contributed by atoms with Gasteiger partial charge in [-0.15, -0.1) is 0 Å². The zero-order valence-corrected chi connectivity index (χ0v) is 20.6. The Morgan fingerprint density at radius 2 is 2.13 bits per heavy atom. The molecule has 1 N–H and O–H groups in total. The van der Waals surface area contributed by atoms with E-state index in [-0.39, 0.29) is 22.1 Å². The van der Waals surface area contributed by atoms with Crippen LogP contribution < -0.4 is 9.91 Å². The predicted octanol–water partition coefficient (Wildman–Crippen LogP) is 3.60. The molecule has 4 rings (SSSR count). The number of fused-ring (bicyclic) bond motifs is 2. The summed E-state index contributed by atoms with van der Waals surface area (Å²) >= 11 is 0.325. The topological polar surface area (TPSA) is 58.9 Å². The van der Waals surface area contributed by atoms with Gasteiger partial charge in [0.1, 0.15) is 0 Å². The molecular weight excluding hydrogens is 579 g/mol. The number of carbonyl (C=O) groups is 1. The quantitative estimate of drug-likeness (QED) is 0.432. The Morgan fingerprint density at radius 3 is 2.77 bits per heavy atom. The van der Waals surface area contributed by atoms with Crippen molar-refractivity contribution in [1.82, 2.24) is 14.3 Å². The third kappa shape index (κ3) is 4.52. The first-order valence-electron chi connectivity index (χ1n) is 9.54. The van der Waals surface area contributed by atoms with Crippen molar-refractivity contribution in [1.29, 1.82) is 0 Å². The molecule has 0 spiro atoms. The molecule has 1 amide bonds. The van der Waals surface area contributed by atoms with Crippen LogP contribution in [0.2, 0.25) is 0 Å². The Hall–Kier alpha value is -1.20. The Labute approximate surface area is 192 Å². The molecule has 1 aliphatic heterocycles. The zero-order valence-electron chi connectivity index (χ0n) is 16.7. The van der Waals surface area contributed by atoms with Crippen LogP contribution in [-0.4, -0.2) is 64.6 Å². The Bertz CT molecular complexity index is 991. The van der Waals surface area contributed by atoms with Gasteiger partial charge >= 0.3 is 172 Å². The van der Waals surface area contributed by atoms with Crippen LogP contribution in [0.4, 0.5) is 23.8 Å². The van der Waals surface area contributed by atoms with Crippen molar-refractivity contribution in [2.75, 3.05) is 18.4 Å². The van der Waals surface area contributed by atoms with Crippen molar-refractivity contribution in [2.24, 2.45) is 5.92 Å². The van der Waals surface area contributed by atoms with Gasteiger partial charge in [-0.05, 0) is 20.8 Å². The van der Waals surface area contributed by atoms with Gasteiger partial charge in [0.25, 0.3) is 0 Å². The Balaban J connectivity index is 1.50. The summed E-state index contributed by atoms with van der Waals surface area (Å²) in [5.41, 5.74) is -0.0507. The average Bonchev–Trinajstić information content (AvgIpc) is 3.23. The van der Waals surface area contributed by atoms with Crippen LogP contribution in [0.25, 0.3) is 5.52 Å². The van der Waals surface area contributed by atoms with Crippen molar-refractivity contribution < 1.29 is 22.7 Å². The van der Waals surface area contributed by atoms with Crippen molar-refractivity contribution in [2.45, 2.75) is 49.8 Å². The number of anilines is 1. The molecule has 0 aromatic carbocycles. The van der Waals surface area contributed by atoms with Gasteiger partial charge in [0.15, 0.2) is 0 Å². The van der Waals surface area contributed by atoms with E-state index in [0.717, 1.165) is 12.8 Å². The molecule has 1 saturated heterocycles. The molecule has 2 aliphatic rings. The number of alkyl halides is 3. The molecule has 2 aromatic rings. The molecule has 164 valence electrons. The van der Waals surface area contributed by atoms with Crippen LogP contribution in [0.3, 0.4) is 0 Å². The summed E-state index contributed by atoms with van der Waals surface area (Å²) in [4.78, 5) is 18.5. The number of nitrogens with zero attached hydrogens (tertiary/aromatic N) is 3. The van der Waals surface area contributed by atoms with Crippen molar-refractivity contribution in [3.63, 3.8) is 0 Å². The average molecular weight is 601 g/mol. The Morgan fingerprint density at radius 1 is 1.40 bits per heavy atom. The van der Waals surface area contributed by atoms with E-state index < -0.39 is 25.6 Å². The molecule has 0 bridgehead atoms. The normalized spacial score (nSPS) is 24.0. The number of rotatable bonds is 3. The van der Waals surface area contributed by atoms with Crippen LogP contribution in [0, 0.1) is 9.49 Å². The molecule has 30 heavy (non-hydrogen) atoms. The van der Waals surface area contributed by atoms with Crippen molar-refractivity contribution in [3.05, 3.63) is 22.0 Å². The van der Waals surface area contributed by atoms with Gasteiger partial charge in [-0.1, -0.05) is 0 Å². The van der Waals surface area contributed by atoms with Gasteiger partial charge in [-0.3, -0.25) is 0 Å². The fourth-order valence-corrected chi connectivity index (χ4v) is 6.37. The molecule has 2 fully saturated rings. The zero-order chi connectivity index (χ0) is 21.9. The third-order valence-electron chi connectivity index (χ3n) is 5.34. The molecule has 2 atom stereocenters. The van der Waals surface area contributed by atoms with Crippen LogP contribution in [0.5, 0.6) is 0 Å². The number of hydrogen-bond acceptors (Lipinski definition) is 4. The maximum atomic E-state index is 13.0. The first-order valence-corrected chi connectivity index (χ1v) is 12.3. The summed E-state index contributed by atoms with van der Waals surface area (Å²) in [6.45, 7) is 6.71. The van der Waals surface area contributed by atoms with E-state index in [1.54, 1.807) is 21.6 Å². The monoisotopic (exact) mass is 602 g/mol. The molecule has 1 saturated carbocycles. The number of piperidine rings is 1. The standard InChI is InChI=1S/C19H22F3IN4O2Se/c1-17(2,3)29-16(28)26-6-4-18(9-11(18)10-26)25-14-13-8-12(23)15(30-19(20,21)22)27(13)7-5-24-14/h5,7-8,11H,4,6,9-10H2,1-3H3,(H,24,25). The van der Waals surface area contributed by atoms with E-state index in [2.05, 4.69) is 10.3 Å². The number of halogens is 4. The molecule has 3 heterocycles. The minimum atomic E-state index is -4.22. The number of aromatic nitrogens is 2. The number of amides is 1. The van der Waals surface area contributed by atoms with Gasteiger partial charge in [-0.25, -0.2) is 0 Å². The summed E-state index contributed by atoms with van der Waals surface area (Å²) in [6.07, 6.45) is 4.45. The molecule has 11 heteroatoms. The van der Waals surface area contributed by atoms with Crippen molar-refractivity contribution in [3.8, 4) is 0 Å². The van der Waals surface area contributed by atoms with E-state index in [1.165, 1.54) is 6.20 Å². The molecule has 2 unspecified atom stereocenters. The predicted molar refractivity (Wildman–Crippen MR) is 116 cm³/mol. The van der Waals surface area contributed by atoms with Gasteiger partial charge in [-0.2, -0.15) is 0 Å². The van der Waals surface area contributed by atoms with Crippen LogP contribution in [-0.2, 0) is 4.74 Å². The summed E-state index contributed by atoms with van der Waals surface area (Å²) < 4.78 is 47.0. The summed E-state index contributed by atoms with van der Waals surface area (Å²) in [6, 6.07) is 1.75.